The van der Waals surface area contributed by atoms with Crippen LogP contribution >= 0.6 is 11.6 Å². The molecule has 0 fully saturated rings. The minimum Gasteiger partial charge on any atom is -0.495 e. The van der Waals surface area contributed by atoms with E-state index in [0.717, 1.165) is 0 Å². The van der Waals surface area contributed by atoms with Crippen molar-refractivity contribution in [2.24, 2.45) is 0 Å². The lowest BCUT2D eigenvalue weighted by atomic mass is 9.99. The zero-order valence-electron chi connectivity index (χ0n) is 17.9. The maximum atomic E-state index is 13.0. The number of hydrogen-bond acceptors (Lipinski definition) is 6. The Labute approximate surface area is 194 Å². The number of carboxylic acids is 1. The van der Waals surface area contributed by atoms with E-state index in [1.807, 2.05) is 0 Å². The number of nitrogens with zero attached hydrogens (tertiary/aromatic N) is 3. The number of hydrogen-bond donors (Lipinski definition) is 1. The minimum atomic E-state index is -1.16. The normalized spacial score (nSPS) is 11.5. The molecule has 0 saturated heterocycles. The second-order valence-corrected chi connectivity index (χ2v) is 7.66. The molecule has 0 aliphatic carbocycles. The molecular formula is C24H20ClN3O5. The Balaban J connectivity index is 1.98. The Morgan fingerprint density at radius 2 is 2.00 bits per heavy atom. The number of Topliss-reactive ketones (excluding diaryl/α,β-unsaturated/α-hetero) is 1. The number of pyridine rings is 2. The highest BCUT2D eigenvalue weighted by molar-refractivity contribution is 6.31. The van der Waals surface area contributed by atoms with Gasteiger partial charge in [-0.2, -0.15) is 5.26 Å². The number of nitriles is 1. The minimum absolute atomic E-state index is 0.0191. The highest BCUT2D eigenvalue weighted by atomic mass is 35.5. The number of carbonyl (C=O) groups excluding carboxylic acids is 1. The molecule has 0 spiro atoms. The Morgan fingerprint density at radius 3 is 2.58 bits per heavy atom. The molecule has 0 saturated carbocycles. The molecule has 0 bridgehead atoms. The van der Waals surface area contributed by atoms with Gasteiger partial charge in [-0.05, 0) is 36.2 Å². The van der Waals surface area contributed by atoms with Crippen LogP contribution < -0.4 is 10.3 Å². The fraction of sp³-hybridized carbons (Fsp3) is 0.208. The molecule has 0 amide bonds. The van der Waals surface area contributed by atoms with Crippen molar-refractivity contribution in [1.29, 1.82) is 5.26 Å². The number of aromatic carboxylic acids is 1. The van der Waals surface area contributed by atoms with Crippen LogP contribution in [0.2, 0.25) is 5.02 Å². The van der Waals surface area contributed by atoms with Crippen LogP contribution in [0.25, 0.3) is 11.1 Å². The van der Waals surface area contributed by atoms with Gasteiger partial charge in [-0.3, -0.25) is 9.59 Å². The number of ether oxygens (including phenoxy) is 1. The summed E-state index contributed by atoms with van der Waals surface area (Å²) in [6.07, 6.45) is 3.12. The Hall–Kier alpha value is -3.96. The van der Waals surface area contributed by atoms with Gasteiger partial charge >= 0.3 is 5.97 Å². The molecule has 1 N–H and O–H groups in total. The molecule has 3 aromatic rings. The SMILES string of the molecule is CCC(C(=O)Cc1ccc(C(=O)O)nc1)n1cc(OC)c(-c2cc(Cl)ccc2C#N)cc1=O. The molecule has 2 heterocycles. The van der Waals surface area contributed by atoms with Crippen LogP contribution in [-0.4, -0.2) is 33.5 Å². The maximum Gasteiger partial charge on any atom is 0.354 e. The van der Waals surface area contributed by atoms with Gasteiger partial charge in [0, 0.05) is 34.8 Å². The first-order chi connectivity index (χ1) is 15.8. The van der Waals surface area contributed by atoms with Crippen LogP contribution in [0.1, 0.15) is 41.0 Å². The van der Waals surface area contributed by atoms with Gasteiger partial charge in [-0.1, -0.05) is 24.6 Å². The molecule has 3 rings (SSSR count). The van der Waals surface area contributed by atoms with Crippen molar-refractivity contribution >= 4 is 23.4 Å². The van der Waals surface area contributed by atoms with Crippen molar-refractivity contribution < 1.29 is 19.4 Å². The molecule has 8 nitrogen and oxygen atoms in total. The van der Waals surface area contributed by atoms with Gasteiger partial charge < -0.3 is 14.4 Å². The third kappa shape index (κ3) is 5.10. The first-order valence-corrected chi connectivity index (χ1v) is 10.4. The van der Waals surface area contributed by atoms with Crippen molar-refractivity contribution in [2.75, 3.05) is 7.11 Å². The predicted octanol–water partition coefficient (Wildman–Crippen LogP) is 3.91. The molecule has 0 aliphatic heterocycles. The standard InChI is InChI=1S/C24H20ClN3O5/c1-3-20(21(29)8-14-4-7-19(24(31)32)27-12-14)28-13-22(33-2)18(10-23(28)30)17-9-16(25)6-5-15(17)11-26/h4-7,9-10,12-13,20H,3,8H2,1-2H3,(H,31,32). The number of rotatable bonds is 8. The van der Waals surface area contributed by atoms with E-state index in [1.165, 1.54) is 42.3 Å². The van der Waals surface area contributed by atoms with Crippen LogP contribution in [0.15, 0.2) is 53.6 Å². The van der Waals surface area contributed by atoms with E-state index < -0.39 is 17.6 Å². The summed E-state index contributed by atoms with van der Waals surface area (Å²) in [6.45, 7) is 1.78. The lowest BCUT2D eigenvalue weighted by Gasteiger charge is -2.20. The quantitative estimate of drug-likeness (QED) is 0.535. The molecular weight excluding hydrogens is 446 g/mol. The van der Waals surface area contributed by atoms with Gasteiger partial charge in [0.1, 0.15) is 11.4 Å². The van der Waals surface area contributed by atoms with Gasteiger partial charge in [0.05, 0.1) is 31.0 Å². The number of ketones is 1. The lowest BCUT2D eigenvalue weighted by Crippen LogP contribution is -2.30. The molecule has 0 aliphatic rings. The van der Waals surface area contributed by atoms with Gasteiger partial charge in [-0.25, -0.2) is 9.78 Å². The number of carboxylic acid groups (broad SMARTS) is 1. The van der Waals surface area contributed by atoms with Crippen LogP contribution in [0.5, 0.6) is 5.75 Å². The van der Waals surface area contributed by atoms with Crippen LogP contribution in [0.3, 0.4) is 0 Å². The van der Waals surface area contributed by atoms with Crippen molar-refractivity contribution in [3.8, 4) is 22.9 Å². The first kappa shape index (κ1) is 23.7. The highest BCUT2D eigenvalue weighted by Gasteiger charge is 2.23. The highest BCUT2D eigenvalue weighted by Crippen LogP contribution is 2.33. The smallest absolute Gasteiger partial charge is 0.354 e. The second-order valence-electron chi connectivity index (χ2n) is 7.23. The zero-order valence-corrected chi connectivity index (χ0v) is 18.7. The Bertz CT molecular complexity index is 1310. The summed E-state index contributed by atoms with van der Waals surface area (Å²) in [7, 11) is 1.43. The molecule has 1 aromatic carbocycles. The molecule has 0 radical (unpaired) electrons. The fourth-order valence-corrected chi connectivity index (χ4v) is 3.71. The molecule has 1 atom stereocenters. The average Bonchev–Trinajstić information content (AvgIpc) is 2.80. The van der Waals surface area contributed by atoms with E-state index in [4.69, 9.17) is 21.4 Å². The van der Waals surface area contributed by atoms with E-state index in [2.05, 4.69) is 11.1 Å². The van der Waals surface area contributed by atoms with E-state index >= 15 is 0 Å². The van der Waals surface area contributed by atoms with Gasteiger partial charge in [0.15, 0.2) is 5.78 Å². The average molecular weight is 466 g/mol. The molecule has 168 valence electrons. The summed E-state index contributed by atoms with van der Waals surface area (Å²) in [5.74, 6) is -1.08. The Kier molecular flexibility index (Phi) is 7.26. The third-order valence-electron chi connectivity index (χ3n) is 5.17. The summed E-state index contributed by atoms with van der Waals surface area (Å²) in [5.41, 5.74) is 1.17. The summed E-state index contributed by atoms with van der Waals surface area (Å²) >= 11 is 6.09. The molecule has 33 heavy (non-hydrogen) atoms. The third-order valence-corrected chi connectivity index (χ3v) is 5.41. The summed E-state index contributed by atoms with van der Waals surface area (Å²) < 4.78 is 6.78. The van der Waals surface area contributed by atoms with Crippen molar-refractivity contribution in [1.82, 2.24) is 9.55 Å². The number of carbonyl (C=O) groups is 2. The summed E-state index contributed by atoms with van der Waals surface area (Å²) in [6, 6.07) is 10.2. The van der Waals surface area contributed by atoms with Crippen LogP contribution in [0, 0.1) is 11.3 Å². The number of aromatic nitrogens is 2. The van der Waals surface area contributed by atoms with Crippen molar-refractivity contribution in [2.45, 2.75) is 25.8 Å². The topological polar surface area (TPSA) is 122 Å². The van der Waals surface area contributed by atoms with Gasteiger partial charge in [0.2, 0.25) is 0 Å². The lowest BCUT2D eigenvalue weighted by molar-refractivity contribution is -0.121. The summed E-state index contributed by atoms with van der Waals surface area (Å²) in [4.78, 5) is 40.8. The van der Waals surface area contributed by atoms with Crippen molar-refractivity contribution in [3.63, 3.8) is 0 Å². The number of methoxy groups -OCH3 is 1. The van der Waals surface area contributed by atoms with Gasteiger partial charge in [-0.15, -0.1) is 0 Å². The largest absolute Gasteiger partial charge is 0.495 e. The maximum absolute atomic E-state index is 13.0. The van der Waals surface area contributed by atoms with Crippen LogP contribution in [-0.2, 0) is 11.2 Å². The van der Waals surface area contributed by atoms with E-state index in [9.17, 15) is 19.6 Å². The monoisotopic (exact) mass is 465 g/mol. The molecule has 9 heteroatoms. The first-order valence-electron chi connectivity index (χ1n) is 10.00. The second kappa shape index (κ2) is 10.1. The van der Waals surface area contributed by atoms with E-state index in [-0.39, 0.29) is 17.9 Å². The Morgan fingerprint density at radius 1 is 1.24 bits per heavy atom. The van der Waals surface area contributed by atoms with E-state index in [0.29, 0.717) is 39.4 Å². The zero-order chi connectivity index (χ0) is 24.1. The van der Waals surface area contributed by atoms with Crippen LogP contribution in [0.4, 0.5) is 0 Å². The van der Waals surface area contributed by atoms with E-state index in [1.54, 1.807) is 25.1 Å². The molecule has 1 unspecified atom stereocenters. The fourth-order valence-electron chi connectivity index (χ4n) is 3.54. The predicted molar refractivity (Wildman–Crippen MR) is 122 cm³/mol. The summed E-state index contributed by atoms with van der Waals surface area (Å²) in [5, 5.41) is 18.8. The van der Waals surface area contributed by atoms with Crippen molar-refractivity contribution in [3.05, 3.63) is 81.0 Å². The number of benzene rings is 1. The van der Waals surface area contributed by atoms with Gasteiger partial charge in [0.25, 0.3) is 5.56 Å². The molecule has 2 aromatic heterocycles. The number of halogens is 1.